The molecule has 31 heavy (non-hydrogen) atoms. The van der Waals surface area contributed by atoms with E-state index in [-0.39, 0.29) is 0 Å². The molecule has 0 N–H and O–H groups in total. The number of hydrogen-bond acceptors (Lipinski definition) is 1. The molecule has 0 atom stereocenters. The van der Waals surface area contributed by atoms with E-state index in [1.807, 2.05) is 6.07 Å². The Bertz CT molecular complexity index is 1070. The van der Waals surface area contributed by atoms with Gasteiger partial charge in [-0.1, -0.05) is 84.9 Å². The second-order valence-corrected chi connectivity index (χ2v) is 11.3. The molecule has 0 aliphatic heterocycles. The van der Waals surface area contributed by atoms with Gasteiger partial charge < -0.3 is 4.74 Å². The van der Waals surface area contributed by atoms with E-state index in [4.69, 9.17) is 4.74 Å². The summed E-state index contributed by atoms with van der Waals surface area (Å²) >= 11 is 0. The molecule has 4 rings (SSSR count). The van der Waals surface area contributed by atoms with Gasteiger partial charge in [-0.25, -0.2) is 0 Å². The zero-order chi connectivity index (χ0) is 21.4. The Morgan fingerprint density at radius 3 is 1.84 bits per heavy atom. The van der Waals surface area contributed by atoms with Crippen LogP contribution >= 0.6 is 7.26 Å². The minimum atomic E-state index is -1.73. The summed E-state index contributed by atoms with van der Waals surface area (Å²) in [4.78, 5) is 0. The van der Waals surface area contributed by atoms with Crippen molar-refractivity contribution in [3.63, 3.8) is 0 Å². The van der Waals surface area contributed by atoms with Crippen molar-refractivity contribution in [1.82, 2.24) is 0 Å². The highest BCUT2D eigenvalue weighted by molar-refractivity contribution is 7.89. The SMILES string of the molecule is COc1cccc(C[P+](C/C=C/c2ccccc2)(c2ccccc2)c2ccccc2)c1. The molecule has 0 spiro atoms. The first-order chi connectivity index (χ1) is 15.3. The lowest BCUT2D eigenvalue weighted by molar-refractivity contribution is 0.414. The van der Waals surface area contributed by atoms with Crippen LogP contribution in [0.5, 0.6) is 5.75 Å². The van der Waals surface area contributed by atoms with Gasteiger partial charge in [0.05, 0.1) is 37.3 Å². The monoisotopic (exact) mass is 423 g/mol. The smallest absolute Gasteiger partial charge is 0.119 e. The number of allylic oxidation sites excluding steroid dienone is 1. The number of benzene rings is 4. The highest BCUT2D eigenvalue weighted by atomic mass is 31.2. The van der Waals surface area contributed by atoms with E-state index in [0.717, 1.165) is 18.1 Å². The molecule has 0 heterocycles. The van der Waals surface area contributed by atoms with Gasteiger partial charge in [-0.2, -0.15) is 0 Å². The van der Waals surface area contributed by atoms with Gasteiger partial charge in [0.2, 0.25) is 0 Å². The zero-order valence-corrected chi connectivity index (χ0v) is 18.8. The molecule has 0 aromatic heterocycles. The molecule has 0 unspecified atom stereocenters. The summed E-state index contributed by atoms with van der Waals surface area (Å²) in [5, 5.41) is 2.86. The molecule has 4 aromatic rings. The van der Waals surface area contributed by atoms with Gasteiger partial charge in [0.1, 0.15) is 5.75 Å². The molecule has 2 heteroatoms. The Labute approximate surface area is 186 Å². The molecule has 0 fully saturated rings. The molecule has 0 saturated heterocycles. The summed E-state index contributed by atoms with van der Waals surface area (Å²) < 4.78 is 5.52. The fraction of sp³-hybridized carbons (Fsp3) is 0.103. The molecule has 0 aliphatic carbocycles. The maximum atomic E-state index is 5.52. The van der Waals surface area contributed by atoms with E-state index in [2.05, 4.69) is 121 Å². The van der Waals surface area contributed by atoms with Crippen LogP contribution in [0, 0.1) is 0 Å². The lowest BCUT2D eigenvalue weighted by Gasteiger charge is -2.27. The summed E-state index contributed by atoms with van der Waals surface area (Å²) in [6.07, 6.45) is 6.62. The summed E-state index contributed by atoms with van der Waals surface area (Å²) in [6.45, 7) is 0. The molecule has 0 aliphatic rings. The molecule has 0 amide bonds. The molecular formula is C29H28OP+. The second-order valence-electron chi connectivity index (χ2n) is 7.64. The number of methoxy groups -OCH3 is 1. The van der Waals surface area contributed by atoms with E-state index in [1.165, 1.54) is 21.7 Å². The van der Waals surface area contributed by atoms with Gasteiger partial charge >= 0.3 is 0 Å². The van der Waals surface area contributed by atoms with Gasteiger partial charge in [-0.15, -0.1) is 0 Å². The zero-order valence-electron chi connectivity index (χ0n) is 17.9. The molecule has 0 radical (unpaired) electrons. The highest BCUT2D eigenvalue weighted by Gasteiger charge is 2.41. The van der Waals surface area contributed by atoms with Gasteiger partial charge in [-0.3, -0.25) is 0 Å². The highest BCUT2D eigenvalue weighted by Crippen LogP contribution is 2.59. The molecule has 4 aromatic carbocycles. The van der Waals surface area contributed by atoms with Gasteiger partial charge in [0.25, 0.3) is 0 Å². The fourth-order valence-electron chi connectivity index (χ4n) is 4.05. The predicted molar refractivity (Wildman–Crippen MR) is 136 cm³/mol. The average Bonchev–Trinajstić information content (AvgIpc) is 2.85. The fourth-order valence-corrected chi connectivity index (χ4v) is 8.03. The van der Waals surface area contributed by atoms with E-state index in [0.29, 0.717) is 0 Å². The first kappa shape index (κ1) is 21.1. The molecule has 1 nitrogen and oxygen atoms in total. The van der Waals surface area contributed by atoms with Crippen LogP contribution in [-0.2, 0) is 6.16 Å². The maximum Gasteiger partial charge on any atom is 0.119 e. The third-order valence-electron chi connectivity index (χ3n) is 5.61. The first-order valence-electron chi connectivity index (χ1n) is 10.6. The van der Waals surface area contributed by atoms with Crippen molar-refractivity contribution >= 4 is 23.9 Å². The normalized spacial score (nSPS) is 11.5. The van der Waals surface area contributed by atoms with Gasteiger partial charge in [0.15, 0.2) is 0 Å². The van der Waals surface area contributed by atoms with Gasteiger partial charge in [-0.05, 0) is 53.6 Å². The van der Waals surface area contributed by atoms with E-state index in [9.17, 15) is 0 Å². The Balaban J connectivity index is 1.81. The van der Waals surface area contributed by atoms with Crippen LogP contribution in [0.3, 0.4) is 0 Å². The van der Waals surface area contributed by atoms with Gasteiger partial charge in [0, 0.05) is 0 Å². The van der Waals surface area contributed by atoms with Crippen molar-refractivity contribution < 1.29 is 4.74 Å². The Kier molecular flexibility index (Phi) is 6.97. The van der Waals surface area contributed by atoms with Crippen LogP contribution in [0.4, 0.5) is 0 Å². The number of ether oxygens (including phenoxy) is 1. The van der Waals surface area contributed by atoms with Crippen LogP contribution in [0.25, 0.3) is 6.08 Å². The average molecular weight is 424 g/mol. The summed E-state index contributed by atoms with van der Waals surface area (Å²) in [5.74, 6) is 0.913. The molecule has 0 saturated carbocycles. The van der Waals surface area contributed by atoms with Crippen molar-refractivity contribution in [1.29, 1.82) is 0 Å². The predicted octanol–water partition coefficient (Wildman–Crippen LogP) is 6.58. The largest absolute Gasteiger partial charge is 0.497 e. The van der Waals surface area contributed by atoms with Crippen LogP contribution < -0.4 is 15.3 Å². The van der Waals surface area contributed by atoms with Crippen molar-refractivity contribution in [3.8, 4) is 5.75 Å². The summed E-state index contributed by atoms with van der Waals surface area (Å²) in [7, 11) is 0.00217. The minimum absolute atomic E-state index is 0.913. The maximum absolute atomic E-state index is 5.52. The summed E-state index contributed by atoms with van der Waals surface area (Å²) in [5.41, 5.74) is 2.55. The van der Waals surface area contributed by atoms with Crippen molar-refractivity contribution in [3.05, 3.63) is 132 Å². The minimum Gasteiger partial charge on any atom is -0.497 e. The van der Waals surface area contributed by atoms with Crippen LogP contribution in [0.15, 0.2) is 121 Å². The number of hydrogen-bond donors (Lipinski definition) is 0. The van der Waals surface area contributed by atoms with E-state index >= 15 is 0 Å². The Morgan fingerprint density at radius 2 is 1.26 bits per heavy atom. The van der Waals surface area contributed by atoms with Crippen molar-refractivity contribution in [2.75, 3.05) is 13.3 Å². The van der Waals surface area contributed by atoms with Crippen molar-refractivity contribution in [2.45, 2.75) is 6.16 Å². The third kappa shape index (κ3) is 5.13. The number of rotatable bonds is 8. The van der Waals surface area contributed by atoms with Crippen LogP contribution in [0.1, 0.15) is 11.1 Å². The quantitative estimate of drug-likeness (QED) is 0.291. The second kappa shape index (κ2) is 10.2. The standard InChI is InChI=1S/C29H28OP/c1-30-27-17-11-15-26(23-27)24-31(28-18-7-3-8-19-28,29-20-9-4-10-21-29)22-12-16-25-13-5-2-6-14-25/h2-21,23H,22,24H2,1H3/q+1/b16-12+. The van der Waals surface area contributed by atoms with Crippen molar-refractivity contribution in [2.24, 2.45) is 0 Å². The lowest BCUT2D eigenvalue weighted by Crippen LogP contribution is -2.26. The molecule has 0 bridgehead atoms. The van der Waals surface area contributed by atoms with Crippen LogP contribution in [-0.4, -0.2) is 13.3 Å². The lowest BCUT2D eigenvalue weighted by atomic mass is 10.2. The Morgan fingerprint density at radius 1 is 0.677 bits per heavy atom. The van der Waals surface area contributed by atoms with E-state index < -0.39 is 7.26 Å². The molecule has 154 valence electrons. The topological polar surface area (TPSA) is 9.23 Å². The molecular weight excluding hydrogens is 395 g/mol. The van der Waals surface area contributed by atoms with Crippen LogP contribution in [0.2, 0.25) is 0 Å². The summed E-state index contributed by atoms with van der Waals surface area (Å²) in [6, 6.07) is 41.2. The Hall–Kier alpha value is -3.15. The van der Waals surface area contributed by atoms with E-state index in [1.54, 1.807) is 7.11 Å². The third-order valence-corrected chi connectivity index (χ3v) is 9.93. The first-order valence-corrected chi connectivity index (χ1v) is 12.8.